The zero-order chi connectivity index (χ0) is 14.5. The average Bonchev–Trinajstić information content (AvgIpc) is 3.09. The molecule has 0 N–H and O–H groups in total. The van der Waals surface area contributed by atoms with Crippen molar-refractivity contribution >= 4 is 5.97 Å². The Morgan fingerprint density at radius 2 is 2.10 bits per heavy atom. The quantitative estimate of drug-likeness (QED) is 0.713. The number of rotatable bonds is 3. The maximum absolute atomic E-state index is 11.9. The third-order valence-corrected chi connectivity index (χ3v) is 4.25. The number of methoxy groups -OCH3 is 1. The summed E-state index contributed by atoms with van der Waals surface area (Å²) in [5, 5.41) is 0. The Hall–Kier alpha value is -0.690. The molecule has 0 amide bonds. The number of carbonyl (C=O) groups excluding carboxylic acids is 1. The van der Waals surface area contributed by atoms with Crippen LogP contribution in [0.15, 0.2) is 0 Å². The second-order valence-electron chi connectivity index (χ2n) is 5.99. The summed E-state index contributed by atoms with van der Waals surface area (Å²) in [6.07, 6.45) is -0.678. The van der Waals surface area contributed by atoms with Crippen LogP contribution in [0.25, 0.3) is 0 Å². The lowest BCUT2D eigenvalue weighted by atomic mass is 9.99. The van der Waals surface area contributed by atoms with Gasteiger partial charge in [0.1, 0.15) is 12.2 Å². The molecule has 0 aromatic rings. The van der Waals surface area contributed by atoms with Crippen molar-refractivity contribution in [2.24, 2.45) is 11.8 Å². The Morgan fingerprint density at radius 1 is 1.35 bits per heavy atom. The average molecular weight is 286 g/mol. The molecular formula is C14H22O6. The predicted molar refractivity (Wildman–Crippen MR) is 68.0 cm³/mol. The van der Waals surface area contributed by atoms with Gasteiger partial charge in [0, 0.05) is 13.0 Å². The maximum Gasteiger partial charge on any atom is 0.312 e. The molecule has 6 heteroatoms. The van der Waals surface area contributed by atoms with Gasteiger partial charge in [0.2, 0.25) is 0 Å². The minimum Gasteiger partial charge on any atom is -0.466 e. The normalized spacial score (nSPS) is 45.2. The van der Waals surface area contributed by atoms with Crippen LogP contribution in [0.3, 0.4) is 0 Å². The fraction of sp³-hybridized carbons (Fsp3) is 0.929. The van der Waals surface area contributed by atoms with E-state index in [-0.39, 0.29) is 42.2 Å². The van der Waals surface area contributed by atoms with Gasteiger partial charge in [-0.2, -0.15) is 0 Å². The summed E-state index contributed by atoms with van der Waals surface area (Å²) < 4.78 is 28.2. The third kappa shape index (κ3) is 2.24. The smallest absolute Gasteiger partial charge is 0.312 e. The molecule has 2 aliphatic heterocycles. The highest BCUT2D eigenvalue weighted by Gasteiger charge is 2.68. The SMILES string of the molecule is CCOC(=O)[C@@H]1[C@H]2O[C@@H]3COC(C)(C)O[C@H]3[C@H](OC)[C@H]21. The summed E-state index contributed by atoms with van der Waals surface area (Å²) >= 11 is 0. The van der Waals surface area contributed by atoms with Crippen LogP contribution in [-0.4, -0.2) is 56.5 Å². The Morgan fingerprint density at radius 3 is 2.75 bits per heavy atom. The second-order valence-corrected chi connectivity index (χ2v) is 5.99. The minimum absolute atomic E-state index is 0.0224. The van der Waals surface area contributed by atoms with Gasteiger partial charge in [-0.3, -0.25) is 4.79 Å². The fourth-order valence-electron chi connectivity index (χ4n) is 3.32. The second kappa shape index (κ2) is 4.94. The molecule has 3 aliphatic rings. The minimum atomic E-state index is -0.650. The topological polar surface area (TPSA) is 63.2 Å². The van der Waals surface area contributed by atoms with E-state index in [4.69, 9.17) is 23.7 Å². The number of hydrogen-bond donors (Lipinski definition) is 0. The van der Waals surface area contributed by atoms with Crippen LogP contribution in [-0.2, 0) is 28.5 Å². The lowest BCUT2D eigenvalue weighted by Crippen LogP contribution is -2.58. The highest BCUT2D eigenvalue weighted by atomic mass is 16.7. The lowest BCUT2D eigenvalue weighted by Gasteiger charge is -2.45. The largest absolute Gasteiger partial charge is 0.466 e. The highest BCUT2D eigenvalue weighted by Crippen LogP contribution is 2.53. The molecular weight excluding hydrogens is 264 g/mol. The molecule has 20 heavy (non-hydrogen) atoms. The molecule has 3 fully saturated rings. The van der Waals surface area contributed by atoms with Crippen LogP contribution >= 0.6 is 0 Å². The molecule has 1 aliphatic carbocycles. The van der Waals surface area contributed by atoms with Gasteiger partial charge >= 0.3 is 5.97 Å². The number of ether oxygens (including phenoxy) is 5. The lowest BCUT2D eigenvalue weighted by molar-refractivity contribution is -0.338. The fourth-order valence-corrected chi connectivity index (χ4v) is 3.32. The van der Waals surface area contributed by atoms with Gasteiger partial charge in [0.15, 0.2) is 5.79 Å². The van der Waals surface area contributed by atoms with Crippen molar-refractivity contribution in [1.29, 1.82) is 0 Å². The van der Waals surface area contributed by atoms with Gasteiger partial charge in [0.05, 0.1) is 31.3 Å². The van der Waals surface area contributed by atoms with Crippen molar-refractivity contribution in [2.75, 3.05) is 20.3 Å². The number of carbonyl (C=O) groups is 1. The third-order valence-electron chi connectivity index (χ3n) is 4.25. The Kier molecular flexibility index (Phi) is 3.52. The summed E-state index contributed by atoms with van der Waals surface area (Å²) in [7, 11) is 1.65. The summed E-state index contributed by atoms with van der Waals surface area (Å²) in [6.45, 7) is 6.38. The summed E-state index contributed by atoms with van der Waals surface area (Å²) in [5.41, 5.74) is 0. The molecule has 2 heterocycles. The first kappa shape index (κ1) is 14.3. The molecule has 0 aromatic heterocycles. The zero-order valence-electron chi connectivity index (χ0n) is 12.3. The van der Waals surface area contributed by atoms with E-state index in [1.807, 2.05) is 13.8 Å². The van der Waals surface area contributed by atoms with Crippen LogP contribution in [0.5, 0.6) is 0 Å². The molecule has 114 valence electrons. The number of fused-ring (bicyclic) bond motifs is 2. The molecule has 0 radical (unpaired) electrons. The standard InChI is InChI=1S/C14H22O6/c1-5-17-13(15)9-8-11(9)19-7-6-18-14(2,3)20-10(7)12(8)16-4/h7-12H,5-6H2,1-4H3/t7-,8+,9+,10-,11+,12-/m1/s1. The van der Waals surface area contributed by atoms with Crippen LogP contribution in [0.2, 0.25) is 0 Å². The summed E-state index contributed by atoms with van der Waals surface area (Å²) in [6, 6.07) is 0. The maximum atomic E-state index is 11.9. The Bertz CT molecular complexity index is 395. The Balaban J connectivity index is 1.75. The molecule has 2 saturated heterocycles. The van der Waals surface area contributed by atoms with Crippen molar-refractivity contribution < 1.29 is 28.5 Å². The van der Waals surface area contributed by atoms with Gasteiger partial charge in [-0.1, -0.05) is 0 Å². The van der Waals surface area contributed by atoms with Crippen LogP contribution in [0.1, 0.15) is 20.8 Å². The summed E-state index contributed by atoms with van der Waals surface area (Å²) in [4.78, 5) is 11.9. The van der Waals surface area contributed by atoms with E-state index >= 15 is 0 Å². The van der Waals surface area contributed by atoms with Crippen molar-refractivity contribution in [1.82, 2.24) is 0 Å². The molecule has 0 spiro atoms. The number of esters is 1. The van der Waals surface area contributed by atoms with Crippen molar-refractivity contribution in [3.63, 3.8) is 0 Å². The van der Waals surface area contributed by atoms with E-state index in [1.54, 1.807) is 14.0 Å². The predicted octanol–water partition coefficient (Wildman–Crippen LogP) is 0.729. The first-order valence-corrected chi connectivity index (χ1v) is 7.15. The van der Waals surface area contributed by atoms with Crippen LogP contribution in [0.4, 0.5) is 0 Å². The van der Waals surface area contributed by atoms with Crippen molar-refractivity contribution in [2.45, 2.75) is 51.0 Å². The first-order valence-electron chi connectivity index (χ1n) is 7.15. The molecule has 1 saturated carbocycles. The van der Waals surface area contributed by atoms with Gasteiger partial charge in [-0.15, -0.1) is 0 Å². The zero-order valence-corrected chi connectivity index (χ0v) is 12.3. The summed E-state index contributed by atoms with van der Waals surface area (Å²) in [5.74, 6) is -1.07. The van der Waals surface area contributed by atoms with Crippen LogP contribution in [0, 0.1) is 11.8 Å². The van der Waals surface area contributed by atoms with E-state index in [0.29, 0.717) is 13.2 Å². The first-order chi connectivity index (χ1) is 9.48. The van der Waals surface area contributed by atoms with Gasteiger partial charge < -0.3 is 23.7 Å². The molecule has 0 aromatic carbocycles. The van der Waals surface area contributed by atoms with Gasteiger partial charge in [-0.05, 0) is 20.8 Å². The van der Waals surface area contributed by atoms with E-state index in [1.165, 1.54) is 0 Å². The van der Waals surface area contributed by atoms with E-state index < -0.39 is 5.79 Å². The molecule has 6 atom stereocenters. The van der Waals surface area contributed by atoms with Crippen molar-refractivity contribution in [3.05, 3.63) is 0 Å². The Labute approximate surface area is 118 Å². The van der Waals surface area contributed by atoms with Gasteiger partial charge in [-0.25, -0.2) is 0 Å². The molecule has 3 rings (SSSR count). The monoisotopic (exact) mass is 286 g/mol. The molecule has 6 nitrogen and oxygen atoms in total. The van der Waals surface area contributed by atoms with Crippen molar-refractivity contribution in [3.8, 4) is 0 Å². The highest BCUT2D eigenvalue weighted by molar-refractivity contribution is 5.77. The molecule has 0 unspecified atom stereocenters. The van der Waals surface area contributed by atoms with Gasteiger partial charge in [0.25, 0.3) is 0 Å². The van der Waals surface area contributed by atoms with Crippen LogP contribution < -0.4 is 0 Å². The molecule has 0 bridgehead atoms. The van der Waals surface area contributed by atoms with E-state index in [9.17, 15) is 4.79 Å². The number of hydrogen-bond acceptors (Lipinski definition) is 6. The van der Waals surface area contributed by atoms with E-state index in [0.717, 1.165) is 0 Å². The van der Waals surface area contributed by atoms with E-state index in [2.05, 4.69) is 0 Å².